The van der Waals surface area contributed by atoms with E-state index in [4.69, 9.17) is 21.6 Å². The van der Waals surface area contributed by atoms with Crippen molar-refractivity contribution in [1.29, 1.82) is 5.26 Å². The molecule has 1 aromatic rings. The van der Waals surface area contributed by atoms with Crippen molar-refractivity contribution in [1.82, 2.24) is 4.90 Å². The third-order valence-electron chi connectivity index (χ3n) is 2.70. The fourth-order valence-electron chi connectivity index (χ4n) is 1.83. The van der Waals surface area contributed by atoms with Gasteiger partial charge in [-0.3, -0.25) is 4.90 Å². The van der Waals surface area contributed by atoms with Crippen LogP contribution in [0.3, 0.4) is 0 Å². The van der Waals surface area contributed by atoms with E-state index in [-0.39, 0.29) is 5.82 Å². The zero-order valence-electron chi connectivity index (χ0n) is 9.20. The molecule has 1 heterocycles. The Hall–Kier alpha value is -1.15. The molecule has 1 unspecified atom stereocenters. The lowest BCUT2D eigenvalue weighted by molar-refractivity contribution is -0.00304. The van der Waals surface area contributed by atoms with Crippen LogP contribution >= 0.6 is 11.6 Å². The van der Waals surface area contributed by atoms with E-state index in [0.29, 0.717) is 36.8 Å². The largest absolute Gasteiger partial charge is 0.361 e. The topological polar surface area (TPSA) is 36.3 Å². The zero-order valence-corrected chi connectivity index (χ0v) is 9.95. The molecule has 0 aliphatic carbocycles. The first kappa shape index (κ1) is 12.3. The van der Waals surface area contributed by atoms with Crippen LogP contribution in [0.5, 0.6) is 0 Å². The van der Waals surface area contributed by atoms with Gasteiger partial charge in [-0.2, -0.15) is 5.26 Å². The predicted octanol–water partition coefficient (Wildman–Crippen LogP) is 2.20. The second-order valence-electron chi connectivity index (χ2n) is 3.96. The molecule has 1 atom stereocenters. The summed E-state index contributed by atoms with van der Waals surface area (Å²) in [6.07, 6.45) is -0.425. The molecule has 1 fully saturated rings. The van der Waals surface area contributed by atoms with Crippen LogP contribution in [0.4, 0.5) is 4.39 Å². The Morgan fingerprint density at radius 1 is 1.59 bits per heavy atom. The van der Waals surface area contributed by atoms with E-state index in [9.17, 15) is 4.39 Å². The maximum absolute atomic E-state index is 13.5. The Labute approximate surface area is 104 Å². The molecule has 90 valence electrons. The van der Waals surface area contributed by atoms with Crippen LogP contribution in [0.1, 0.15) is 5.56 Å². The number of hydrogen-bond donors (Lipinski definition) is 0. The highest BCUT2D eigenvalue weighted by Gasteiger charge is 2.20. The Morgan fingerprint density at radius 3 is 3.18 bits per heavy atom. The summed E-state index contributed by atoms with van der Waals surface area (Å²) in [5.74, 6) is -0.269. The highest BCUT2D eigenvalue weighted by Crippen LogP contribution is 2.17. The van der Waals surface area contributed by atoms with Gasteiger partial charge in [-0.05, 0) is 18.2 Å². The highest BCUT2D eigenvalue weighted by atomic mass is 35.5. The van der Waals surface area contributed by atoms with Gasteiger partial charge >= 0.3 is 0 Å². The van der Waals surface area contributed by atoms with Gasteiger partial charge in [0.2, 0.25) is 0 Å². The summed E-state index contributed by atoms with van der Waals surface area (Å²) in [7, 11) is 0. The quantitative estimate of drug-likeness (QED) is 0.812. The number of ether oxygens (including phenoxy) is 1. The standard InChI is InChI=1S/C12H12ClFN2O/c13-10-1-2-12(14)9(5-10)7-16-3-4-17-11(6-15)8-16/h1-2,5,11H,3-4,7-8H2. The van der Waals surface area contributed by atoms with Crippen molar-refractivity contribution in [2.24, 2.45) is 0 Å². The molecular weight excluding hydrogens is 243 g/mol. The Morgan fingerprint density at radius 2 is 2.41 bits per heavy atom. The fourth-order valence-corrected chi connectivity index (χ4v) is 2.02. The van der Waals surface area contributed by atoms with E-state index in [0.717, 1.165) is 0 Å². The molecule has 5 heteroatoms. The van der Waals surface area contributed by atoms with Crippen molar-refractivity contribution < 1.29 is 9.13 Å². The van der Waals surface area contributed by atoms with Gasteiger partial charge in [0.1, 0.15) is 5.82 Å². The SMILES string of the molecule is N#CC1CN(Cc2cc(Cl)ccc2F)CCO1. The summed E-state index contributed by atoms with van der Waals surface area (Å²) >= 11 is 5.83. The van der Waals surface area contributed by atoms with Crippen molar-refractivity contribution >= 4 is 11.6 Å². The Kier molecular flexibility index (Phi) is 3.95. The van der Waals surface area contributed by atoms with Gasteiger partial charge in [-0.25, -0.2) is 4.39 Å². The molecule has 1 aliphatic rings. The molecule has 0 N–H and O–H groups in total. The normalized spacial score (nSPS) is 21.1. The summed E-state index contributed by atoms with van der Waals surface area (Å²) in [4.78, 5) is 1.99. The average Bonchev–Trinajstić information content (AvgIpc) is 2.34. The minimum Gasteiger partial charge on any atom is -0.361 e. The summed E-state index contributed by atoms with van der Waals surface area (Å²) in [5.41, 5.74) is 0.552. The first-order valence-electron chi connectivity index (χ1n) is 5.36. The second-order valence-corrected chi connectivity index (χ2v) is 4.40. The number of morpholine rings is 1. The molecule has 1 aliphatic heterocycles. The monoisotopic (exact) mass is 254 g/mol. The van der Waals surface area contributed by atoms with Gasteiger partial charge in [0.05, 0.1) is 12.7 Å². The van der Waals surface area contributed by atoms with Crippen LogP contribution in [-0.2, 0) is 11.3 Å². The summed E-state index contributed by atoms with van der Waals surface area (Å²) in [6, 6.07) is 6.57. The second kappa shape index (κ2) is 5.46. The van der Waals surface area contributed by atoms with Crippen LogP contribution < -0.4 is 0 Å². The lowest BCUT2D eigenvalue weighted by Gasteiger charge is -2.29. The number of benzene rings is 1. The third-order valence-corrected chi connectivity index (χ3v) is 2.93. The number of nitrogens with zero attached hydrogens (tertiary/aromatic N) is 2. The van der Waals surface area contributed by atoms with Crippen molar-refractivity contribution in [3.05, 3.63) is 34.6 Å². The van der Waals surface area contributed by atoms with Gasteiger partial charge < -0.3 is 4.74 Å². The van der Waals surface area contributed by atoms with E-state index in [2.05, 4.69) is 6.07 Å². The van der Waals surface area contributed by atoms with E-state index >= 15 is 0 Å². The van der Waals surface area contributed by atoms with Gasteiger partial charge in [0.15, 0.2) is 6.10 Å². The van der Waals surface area contributed by atoms with E-state index in [1.165, 1.54) is 12.1 Å². The van der Waals surface area contributed by atoms with Crippen LogP contribution in [0.25, 0.3) is 0 Å². The van der Waals surface area contributed by atoms with Gasteiger partial charge in [0.25, 0.3) is 0 Å². The minimum atomic E-state index is -0.425. The van der Waals surface area contributed by atoms with Gasteiger partial charge in [-0.1, -0.05) is 11.6 Å². The molecule has 0 bridgehead atoms. The lowest BCUT2D eigenvalue weighted by Crippen LogP contribution is -2.41. The van der Waals surface area contributed by atoms with Gasteiger partial charge in [0, 0.05) is 30.2 Å². The van der Waals surface area contributed by atoms with Crippen molar-refractivity contribution in [2.45, 2.75) is 12.6 Å². The number of rotatable bonds is 2. The zero-order chi connectivity index (χ0) is 12.3. The maximum Gasteiger partial charge on any atom is 0.156 e. The molecule has 0 aromatic heterocycles. The molecule has 17 heavy (non-hydrogen) atoms. The summed E-state index contributed by atoms with van der Waals surface area (Å²) in [5, 5.41) is 9.30. The summed E-state index contributed by atoms with van der Waals surface area (Å²) in [6.45, 7) is 2.15. The molecule has 1 saturated heterocycles. The van der Waals surface area contributed by atoms with Crippen LogP contribution in [0, 0.1) is 17.1 Å². The number of halogens is 2. The molecule has 0 spiro atoms. The van der Waals surface area contributed by atoms with E-state index in [1.807, 2.05) is 4.90 Å². The van der Waals surface area contributed by atoms with Crippen molar-refractivity contribution in [3.8, 4) is 6.07 Å². The molecule has 0 saturated carbocycles. The third kappa shape index (κ3) is 3.16. The Balaban J connectivity index is 2.05. The van der Waals surface area contributed by atoms with E-state index in [1.54, 1.807) is 6.07 Å². The highest BCUT2D eigenvalue weighted by molar-refractivity contribution is 6.30. The Bertz CT molecular complexity index is 447. The number of hydrogen-bond acceptors (Lipinski definition) is 3. The lowest BCUT2D eigenvalue weighted by atomic mass is 10.2. The van der Waals surface area contributed by atoms with E-state index < -0.39 is 6.10 Å². The molecular formula is C12H12ClFN2O. The average molecular weight is 255 g/mol. The fraction of sp³-hybridized carbons (Fsp3) is 0.417. The van der Waals surface area contributed by atoms with Crippen LogP contribution in [-0.4, -0.2) is 30.7 Å². The molecule has 0 amide bonds. The minimum absolute atomic E-state index is 0.269. The molecule has 0 radical (unpaired) electrons. The van der Waals surface area contributed by atoms with Gasteiger partial charge in [-0.15, -0.1) is 0 Å². The first-order valence-corrected chi connectivity index (χ1v) is 5.74. The molecule has 2 rings (SSSR count). The van der Waals surface area contributed by atoms with Crippen molar-refractivity contribution in [3.63, 3.8) is 0 Å². The van der Waals surface area contributed by atoms with Crippen LogP contribution in [0.15, 0.2) is 18.2 Å². The first-order chi connectivity index (χ1) is 8.19. The predicted molar refractivity (Wildman–Crippen MR) is 62.0 cm³/mol. The molecule has 1 aromatic carbocycles. The van der Waals surface area contributed by atoms with Crippen molar-refractivity contribution in [2.75, 3.05) is 19.7 Å². The summed E-state index contributed by atoms with van der Waals surface area (Å²) < 4.78 is 18.7. The smallest absolute Gasteiger partial charge is 0.156 e. The number of nitriles is 1. The maximum atomic E-state index is 13.5. The van der Waals surface area contributed by atoms with Crippen LogP contribution in [0.2, 0.25) is 5.02 Å². The molecule has 3 nitrogen and oxygen atoms in total.